The van der Waals surface area contributed by atoms with Gasteiger partial charge in [0.1, 0.15) is 30.5 Å². The summed E-state index contributed by atoms with van der Waals surface area (Å²) in [5.74, 6) is 2.31. The van der Waals surface area contributed by atoms with Gasteiger partial charge in [0.25, 0.3) is 0 Å². The minimum atomic E-state index is 0.379. The maximum Gasteiger partial charge on any atom is 0.142 e. The van der Waals surface area contributed by atoms with Crippen molar-refractivity contribution in [1.29, 1.82) is 0 Å². The number of likely N-dealkylation sites (tertiary alicyclic amines) is 1. The van der Waals surface area contributed by atoms with Crippen molar-refractivity contribution < 1.29 is 23.7 Å². The van der Waals surface area contributed by atoms with Gasteiger partial charge in [-0.05, 0) is 104 Å². The molecule has 1 aromatic heterocycles. The van der Waals surface area contributed by atoms with E-state index in [0.717, 1.165) is 92.8 Å². The zero-order chi connectivity index (χ0) is 35.8. The van der Waals surface area contributed by atoms with Crippen molar-refractivity contribution in [3.8, 4) is 28.4 Å². The number of pyridine rings is 1. The molecule has 0 radical (unpaired) electrons. The van der Waals surface area contributed by atoms with E-state index in [1.807, 2.05) is 30.5 Å². The van der Waals surface area contributed by atoms with E-state index >= 15 is 0 Å². The van der Waals surface area contributed by atoms with Crippen molar-refractivity contribution in [2.24, 2.45) is 5.41 Å². The standard InChI is InChI=1S/C43H52ClN3O5/c1-32-35(30-52-42-26-41(51-29-34-7-5-15-45-27-34)36(25-39(42)44)28-47-19-23-48-24-20-47)8-3-9-37(32)38-10-4-11-40(33(38)2)50-21-6-16-46-17-12-43(13-18-46)14-22-49-31-43/h3-5,7-11,15,25-27H,6,12-14,16-24,28-31H2,1-2H3. The molecule has 3 saturated heterocycles. The minimum absolute atomic E-state index is 0.379. The molecule has 1 spiro atoms. The monoisotopic (exact) mass is 725 g/mol. The number of hydrogen-bond donors (Lipinski definition) is 0. The third kappa shape index (κ3) is 9.10. The van der Waals surface area contributed by atoms with E-state index in [-0.39, 0.29) is 0 Å². The molecular formula is C43H52ClN3O5. The van der Waals surface area contributed by atoms with Gasteiger partial charge in [-0.15, -0.1) is 0 Å². The highest BCUT2D eigenvalue weighted by Gasteiger charge is 2.37. The zero-order valence-electron chi connectivity index (χ0n) is 30.7. The molecule has 0 amide bonds. The van der Waals surface area contributed by atoms with Gasteiger partial charge < -0.3 is 28.6 Å². The number of ether oxygens (including phenoxy) is 5. The number of aromatic nitrogens is 1. The van der Waals surface area contributed by atoms with Gasteiger partial charge in [-0.3, -0.25) is 9.88 Å². The SMILES string of the molecule is Cc1c(COc2cc(OCc3cccnc3)c(CN3CCOCC3)cc2Cl)cccc1-c1cccc(OCCCN2CCC3(CCOC3)CC2)c1C. The van der Waals surface area contributed by atoms with Crippen LogP contribution in [0.5, 0.6) is 17.2 Å². The van der Waals surface area contributed by atoms with Crippen LogP contribution in [0.2, 0.25) is 5.02 Å². The van der Waals surface area contributed by atoms with Crippen LogP contribution in [0.3, 0.4) is 0 Å². The Morgan fingerprint density at radius 3 is 2.29 bits per heavy atom. The van der Waals surface area contributed by atoms with Crippen molar-refractivity contribution in [2.45, 2.75) is 59.3 Å². The van der Waals surface area contributed by atoms with Crippen LogP contribution in [0.1, 0.15) is 53.5 Å². The summed E-state index contributed by atoms with van der Waals surface area (Å²) >= 11 is 6.87. The highest BCUT2D eigenvalue weighted by Crippen LogP contribution is 2.39. The van der Waals surface area contributed by atoms with Crippen molar-refractivity contribution in [3.63, 3.8) is 0 Å². The van der Waals surface area contributed by atoms with E-state index in [2.05, 4.69) is 65.0 Å². The lowest BCUT2D eigenvalue weighted by molar-refractivity contribution is 0.0337. The van der Waals surface area contributed by atoms with Crippen LogP contribution in [-0.4, -0.2) is 80.5 Å². The van der Waals surface area contributed by atoms with Crippen LogP contribution in [0.25, 0.3) is 11.1 Å². The molecule has 3 aliphatic rings. The molecule has 276 valence electrons. The Hall–Kier alpha value is -3.66. The highest BCUT2D eigenvalue weighted by molar-refractivity contribution is 6.32. The molecule has 3 aliphatic heterocycles. The van der Waals surface area contributed by atoms with Crippen LogP contribution in [0, 0.1) is 19.3 Å². The first-order chi connectivity index (χ1) is 25.5. The lowest BCUT2D eigenvalue weighted by Crippen LogP contribution is -2.41. The molecule has 0 unspecified atom stereocenters. The fourth-order valence-corrected chi connectivity index (χ4v) is 7.94. The molecule has 9 heteroatoms. The normalized spacial score (nSPS) is 17.8. The summed E-state index contributed by atoms with van der Waals surface area (Å²) in [6.07, 6.45) is 8.36. The maximum absolute atomic E-state index is 6.87. The first kappa shape index (κ1) is 36.7. The molecule has 52 heavy (non-hydrogen) atoms. The molecule has 4 heterocycles. The Morgan fingerprint density at radius 2 is 1.52 bits per heavy atom. The van der Waals surface area contributed by atoms with Crippen LogP contribution in [0.4, 0.5) is 0 Å². The lowest BCUT2D eigenvalue weighted by Gasteiger charge is -2.38. The summed E-state index contributed by atoms with van der Waals surface area (Å²) in [4.78, 5) is 9.19. The Balaban J connectivity index is 0.993. The molecule has 4 aromatic rings. The summed E-state index contributed by atoms with van der Waals surface area (Å²) in [5, 5.41) is 0.569. The van der Waals surface area contributed by atoms with Crippen LogP contribution < -0.4 is 14.2 Å². The van der Waals surface area contributed by atoms with Crippen molar-refractivity contribution in [2.75, 3.05) is 65.8 Å². The average molecular weight is 726 g/mol. The number of rotatable bonds is 14. The summed E-state index contributed by atoms with van der Waals surface area (Å²) in [6, 6.07) is 20.6. The zero-order valence-corrected chi connectivity index (χ0v) is 31.5. The Kier molecular flexibility index (Phi) is 12.3. The third-order valence-corrected chi connectivity index (χ3v) is 11.4. The van der Waals surface area contributed by atoms with E-state index in [1.54, 1.807) is 6.20 Å². The molecule has 0 bridgehead atoms. The molecule has 0 aliphatic carbocycles. The molecule has 0 saturated carbocycles. The Morgan fingerprint density at radius 1 is 0.731 bits per heavy atom. The predicted octanol–water partition coefficient (Wildman–Crippen LogP) is 8.28. The van der Waals surface area contributed by atoms with E-state index in [4.69, 9.17) is 35.3 Å². The number of nitrogens with zero attached hydrogens (tertiary/aromatic N) is 3. The van der Waals surface area contributed by atoms with Gasteiger partial charge in [-0.2, -0.15) is 0 Å². The molecule has 3 fully saturated rings. The van der Waals surface area contributed by atoms with E-state index < -0.39 is 0 Å². The number of hydrogen-bond acceptors (Lipinski definition) is 8. The fraction of sp³-hybridized carbons (Fsp3) is 0.465. The van der Waals surface area contributed by atoms with Crippen LogP contribution in [0.15, 0.2) is 73.1 Å². The summed E-state index contributed by atoms with van der Waals surface area (Å²) in [5.41, 5.74) is 8.25. The van der Waals surface area contributed by atoms with Gasteiger partial charge in [-0.25, -0.2) is 0 Å². The van der Waals surface area contributed by atoms with Crippen LogP contribution >= 0.6 is 11.6 Å². The second-order valence-corrected chi connectivity index (χ2v) is 15.0. The van der Waals surface area contributed by atoms with Gasteiger partial charge in [-0.1, -0.05) is 48.0 Å². The molecular weight excluding hydrogens is 674 g/mol. The molecule has 8 nitrogen and oxygen atoms in total. The smallest absolute Gasteiger partial charge is 0.142 e. The van der Waals surface area contributed by atoms with Gasteiger partial charge in [0, 0.05) is 62.4 Å². The predicted molar refractivity (Wildman–Crippen MR) is 205 cm³/mol. The second kappa shape index (κ2) is 17.4. The molecule has 0 N–H and O–H groups in total. The molecule has 0 atom stereocenters. The second-order valence-electron chi connectivity index (χ2n) is 14.6. The topological polar surface area (TPSA) is 65.5 Å². The van der Waals surface area contributed by atoms with Crippen molar-refractivity contribution in [3.05, 3.63) is 106 Å². The highest BCUT2D eigenvalue weighted by atomic mass is 35.5. The Bertz CT molecular complexity index is 1760. The summed E-state index contributed by atoms with van der Waals surface area (Å²) < 4.78 is 30.5. The average Bonchev–Trinajstić information content (AvgIpc) is 3.63. The molecule has 7 rings (SSSR count). The molecule has 3 aromatic carbocycles. The fourth-order valence-electron chi connectivity index (χ4n) is 7.70. The van der Waals surface area contributed by atoms with Gasteiger partial charge in [0.05, 0.1) is 31.5 Å². The first-order valence-corrected chi connectivity index (χ1v) is 19.2. The van der Waals surface area contributed by atoms with Crippen molar-refractivity contribution >= 4 is 11.6 Å². The Labute approximate surface area is 313 Å². The maximum atomic E-state index is 6.87. The number of piperidine rings is 1. The first-order valence-electron chi connectivity index (χ1n) is 18.8. The van der Waals surface area contributed by atoms with Gasteiger partial charge >= 0.3 is 0 Å². The largest absolute Gasteiger partial charge is 0.493 e. The van der Waals surface area contributed by atoms with Gasteiger partial charge in [0.15, 0.2) is 0 Å². The number of benzene rings is 3. The summed E-state index contributed by atoms with van der Waals surface area (Å²) in [6.45, 7) is 15.1. The lowest BCUT2D eigenvalue weighted by atomic mass is 9.78. The van der Waals surface area contributed by atoms with Gasteiger partial charge in [0.2, 0.25) is 0 Å². The van der Waals surface area contributed by atoms with E-state index in [9.17, 15) is 0 Å². The summed E-state index contributed by atoms with van der Waals surface area (Å²) in [7, 11) is 0. The van der Waals surface area contributed by atoms with E-state index in [0.29, 0.717) is 36.0 Å². The third-order valence-electron chi connectivity index (χ3n) is 11.1. The van der Waals surface area contributed by atoms with Crippen LogP contribution in [-0.2, 0) is 29.2 Å². The van der Waals surface area contributed by atoms with E-state index in [1.165, 1.54) is 49.0 Å². The quantitative estimate of drug-likeness (QED) is 0.120. The number of halogens is 1. The number of morpholine rings is 1. The minimum Gasteiger partial charge on any atom is -0.493 e. The van der Waals surface area contributed by atoms with Crippen molar-refractivity contribution in [1.82, 2.24) is 14.8 Å².